The maximum Gasteiger partial charge on any atom is 0.223 e. The van der Waals surface area contributed by atoms with E-state index in [9.17, 15) is 9.50 Å². The Hall–Kier alpha value is -3.47. The monoisotopic (exact) mass is 468 g/mol. The van der Waals surface area contributed by atoms with Crippen molar-refractivity contribution in [1.29, 1.82) is 0 Å². The number of nitrogen functional groups attached to an aromatic ring is 1. The van der Waals surface area contributed by atoms with Crippen LogP contribution in [0.2, 0.25) is 0 Å². The molecule has 2 unspecified atom stereocenters. The molecule has 4 heterocycles. The quantitative estimate of drug-likeness (QED) is 0.459. The van der Waals surface area contributed by atoms with Crippen molar-refractivity contribution in [3.8, 4) is 5.75 Å². The molecule has 1 saturated heterocycles. The zero-order valence-electron chi connectivity index (χ0n) is 19.7. The van der Waals surface area contributed by atoms with Crippen LogP contribution in [0.25, 0.3) is 16.6 Å². The average molecular weight is 469 g/mol. The van der Waals surface area contributed by atoms with Crippen LogP contribution in [0.1, 0.15) is 38.9 Å². The van der Waals surface area contributed by atoms with Gasteiger partial charge in [0.05, 0.1) is 36.7 Å². The number of methoxy groups -OCH3 is 1. The van der Waals surface area contributed by atoms with Gasteiger partial charge in [-0.1, -0.05) is 6.92 Å². The Labute approximate surface area is 196 Å². The van der Waals surface area contributed by atoms with E-state index < -0.39 is 11.4 Å². The van der Waals surface area contributed by atoms with Crippen LogP contribution in [0.4, 0.5) is 16.0 Å². The highest BCUT2D eigenvalue weighted by Gasteiger charge is 2.30. The summed E-state index contributed by atoms with van der Waals surface area (Å²) in [5, 5.41) is 19.7. The Bertz CT molecular complexity index is 1360. The van der Waals surface area contributed by atoms with Crippen LogP contribution in [-0.4, -0.2) is 60.3 Å². The molecule has 1 aromatic carbocycles. The summed E-state index contributed by atoms with van der Waals surface area (Å²) in [4.78, 5) is 11.4. The predicted molar refractivity (Wildman–Crippen MR) is 126 cm³/mol. The summed E-state index contributed by atoms with van der Waals surface area (Å²) in [5.74, 6) is 0.899. The fraction of sp³-hybridized carbons (Fsp3) is 0.478. The lowest BCUT2D eigenvalue weighted by Gasteiger charge is -2.36. The average Bonchev–Trinajstić information content (AvgIpc) is 3.40. The number of halogens is 1. The van der Waals surface area contributed by atoms with E-state index in [0.29, 0.717) is 41.4 Å². The molecule has 0 bridgehead atoms. The van der Waals surface area contributed by atoms with Gasteiger partial charge in [0.1, 0.15) is 0 Å². The Kier molecular flexibility index (Phi) is 5.31. The van der Waals surface area contributed by atoms with Gasteiger partial charge in [-0.25, -0.2) is 14.4 Å². The highest BCUT2D eigenvalue weighted by molar-refractivity contribution is 5.93. The smallest absolute Gasteiger partial charge is 0.223 e. The first-order chi connectivity index (χ1) is 16.1. The van der Waals surface area contributed by atoms with Crippen molar-refractivity contribution in [2.45, 2.75) is 45.3 Å². The van der Waals surface area contributed by atoms with E-state index >= 15 is 0 Å². The zero-order valence-corrected chi connectivity index (χ0v) is 19.7. The highest BCUT2D eigenvalue weighted by Crippen LogP contribution is 2.33. The topological polar surface area (TPSA) is 120 Å². The van der Waals surface area contributed by atoms with Crippen molar-refractivity contribution in [3.63, 3.8) is 0 Å². The highest BCUT2D eigenvalue weighted by atomic mass is 19.1. The van der Waals surface area contributed by atoms with Gasteiger partial charge in [0, 0.05) is 36.7 Å². The number of aromatic nitrogens is 6. The first-order valence-electron chi connectivity index (χ1n) is 11.3. The van der Waals surface area contributed by atoms with E-state index in [0.717, 1.165) is 18.7 Å². The third-order valence-electron chi connectivity index (χ3n) is 6.15. The molecule has 4 aromatic rings. The van der Waals surface area contributed by atoms with Crippen molar-refractivity contribution in [2.24, 2.45) is 5.92 Å². The van der Waals surface area contributed by atoms with Gasteiger partial charge < -0.3 is 20.5 Å². The molecule has 0 saturated carbocycles. The molecule has 3 aromatic heterocycles. The molecular formula is C23H29FN8O2. The summed E-state index contributed by atoms with van der Waals surface area (Å²) in [5.41, 5.74) is 7.29. The number of nitrogens with two attached hydrogens (primary N) is 1. The third kappa shape index (κ3) is 4.11. The Balaban J connectivity index is 1.48. The summed E-state index contributed by atoms with van der Waals surface area (Å²) < 4.78 is 22.7. The van der Waals surface area contributed by atoms with Gasteiger partial charge in [-0.3, -0.25) is 4.68 Å². The molecule has 0 spiro atoms. The minimum absolute atomic E-state index is 0.0545. The number of piperidine rings is 1. The van der Waals surface area contributed by atoms with Crippen molar-refractivity contribution < 1.29 is 14.2 Å². The fourth-order valence-corrected chi connectivity index (χ4v) is 4.72. The molecule has 0 amide bonds. The molecule has 1 fully saturated rings. The molecule has 1 aliphatic heterocycles. The van der Waals surface area contributed by atoms with Crippen molar-refractivity contribution >= 4 is 28.2 Å². The van der Waals surface area contributed by atoms with Crippen LogP contribution in [-0.2, 0) is 6.54 Å². The maximum absolute atomic E-state index is 14.4. The predicted octanol–water partition coefficient (Wildman–Crippen LogP) is 2.60. The van der Waals surface area contributed by atoms with Crippen LogP contribution in [0, 0.1) is 11.7 Å². The summed E-state index contributed by atoms with van der Waals surface area (Å²) >= 11 is 0. The van der Waals surface area contributed by atoms with E-state index in [1.54, 1.807) is 18.5 Å². The lowest BCUT2D eigenvalue weighted by atomic mass is 9.90. The molecule has 11 heteroatoms. The Morgan fingerprint density at radius 3 is 2.79 bits per heavy atom. The molecule has 5 rings (SSSR count). The normalized spacial score (nSPS) is 19.3. The number of benzene rings is 1. The van der Waals surface area contributed by atoms with Crippen LogP contribution < -0.4 is 15.4 Å². The first-order valence-corrected chi connectivity index (χ1v) is 11.3. The first kappa shape index (κ1) is 22.3. The van der Waals surface area contributed by atoms with Crippen LogP contribution >= 0.6 is 0 Å². The van der Waals surface area contributed by atoms with Gasteiger partial charge in [-0.15, -0.1) is 5.10 Å². The minimum Gasteiger partial charge on any atom is -0.494 e. The fourth-order valence-electron chi connectivity index (χ4n) is 4.72. The maximum atomic E-state index is 14.4. The molecule has 34 heavy (non-hydrogen) atoms. The van der Waals surface area contributed by atoms with Gasteiger partial charge in [0.2, 0.25) is 5.95 Å². The second-order valence-corrected chi connectivity index (χ2v) is 9.83. The lowest BCUT2D eigenvalue weighted by molar-refractivity contribution is 0.0577. The third-order valence-corrected chi connectivity index (χ3v) is 6.15. The lowest BCUT2D eigenvalue weighted by Crippen LogP contribution is -2.39. The Morgan fingerprint density at radius 1 is 1.26 bits per heavy atom. The van der Waals surface area contributed by atoms with Gasteiger partial charge in [0.25, 0.3) is 0 Å². The molecule has 3 N–H and O–H groups in total. The van der Waals surface area contributed by atoms with Gasteiger partial charge in [-0.05, 0) is 32.3 Å². The molecule has 0 radical (unpaired) electrons. The van der Waals surface area contributed by atoms with Gasteiger partial charge in [0.15, 0.2) is 23.0 Å². The summed E-state index contributed by atoms with van der Waals surface area (Å²) in [6.07, 6.45) is 4.69. The zero-order chi connectivity index (χ0) is 24.2. The van der Waals surface area contributed by atoms with Crippen molar-refractivity contribution in [2.75, 3.05) is 30.8 Å². The van der Waals surface area contributed by atoms with E-state index in [2.05, 4.69) is 27.0 Å². The van der Waals surface area contributed by atoms with Gasteiger partial charge >= 0.3 is 0 Å². The van der Waals surface area contributed by atoms with E-state index in [-0.39, 0.29) is 17.6 Å². The number of anilines is 2. The van der Waals surface area contributed by atoms with E-state index in [1.165, 1.54) is 23.8 Å². The van der Waals surface area contributed by atoms with Crippen LogP contribution in [0.5, 0.6) is 5.75 Å². The van der Waals surface area contributed by atoms with Crippen molar-refractivity contribution in [1.82, 2.24) is 29.4 Å². The van der Waals surface area contributed by atoms with E-state index in [4.69, 9.17) is 15.5 Å². The molecule has 10 nitrogen and oxygen atoms in total. The number of hydrogen-bond acceptors (Lipinski definition) is 8. The van der Waals surface area contributed by atoms with E-state index in [1.807, 2.05) is 12.4 Å². The van der Waals surface area contributed by atoms with Crippen molar-refractivity contribution in [3.05, 3.63) is 36.2 Å². The molecular weight excluding hydrogens is 439 g/mol. The Morgan fingerprint density at radius 2 is 2.06 bits per heavy atom. The number of rotatable bonds is 5. The van der Waals surface area contributed by atoms with Crippen LogP contribution in [0.3, 0.4) is 0 Å². The molecule has 2 atom stereocenters. The minimum atomic E-state index is -0.846. The SMILES string of the molecule is COc1cc2nc(N)n3nc(C4CC(C)CN(c5cnn(CC(C)(C)O)c5)C4)nc3c2cc1F. The summed E-state index contributed by atoms with van der Waals surface area (Å²) in [6.45, 7) is 7.72. The number of hydrogen-bond donors (Lipinski definition) is 2. The second-order valence-electron chi connectivity index (χ2n) is 9.83. The largest absolute Gasteiger partial charge is 0.494 e. The number of aliphatic hydroxyl groups is 1. The molecule has 0 aliphatic carbocycles. The molecule has 1 aliphatic rings. The second kappa shape index (κ2) is 8.08. The number of nitrogens with zero attached hydrogens (tertiary/aromatic N) is 7. The standard InChI is InChI=1S/C23H29FN8O2/c1-13-5-14(10-30(9-13)15-8-26-31(11-15)12-23(2,3)33)20-28-21-16-6-17(24)19(34-4)7-18(16)27-22(25)32(21)29-20/h6-8,11,13-14,33H,5,9-10,12H2,1-4H3,(H2,25,27). The summed E-state index contributed by atoms with van der Waals surface area (Å²) in [7, 11) is 1.41. The van der Waals surface area contributed by atoms with Gasteiger partial charge in [-0.2, -0.15) is 9.61 Å². The summed E-state index contributed by atoms with van der Waals surface area (Å²) in [6, 6.07) is 2.88. The number of ether oxygens (including phenoxy) is 1. The van der Waals surface area contributed by atoms with Crippen LogP contribution in [0.15, 0.2) is 24.5 Å². The molecule has 180 valence electrons. The number of fused-ring (bicyclic) bond motifs is 3.